The van der Waals surface area contributed by atoms with E-state index in [2.05, 4.69) is 17.2 Å². The molecule has 0 radical (unpaired) electrons. The van der Waals surface area contributed by atoms with E-state index < -0.39 is 0 Å². The van der Waals surface area contributed by atoms with Crippen molar-refractivity contribution < 1.29 is 9.53 Å². The van der Waals surface area contributed by atoms with Crippen molar-refractivity contribution in [1.29, 1.82) is 0 Å². The molecule has 0 aliphatic carbocycles. The standard InChI is InChI=1S/C23H25N3O2/c1-2-13-25-17-18(16-22(25)27)23-24-20-11-6-7-12-21(20)26(23)14-8-15-28-19-9-4-3-5-10-19/h2-7,9-12,18H,1,8,13-17H2/t18-/m0/s1. The molecule has 3 aromatic rings. The van der Waals surface area contributed by atoms with Gasteiger partial charge in [-0.15, -0.1) is 6.58 Å². The molecule has 1 aliphatic rings. The largest absolute Gasteiger partial charge is 0.494 e. The zero-order chi connectivity index (χ0) is 19.3. The lowest BCUT2D eigenvalue weighted by Gasteiger charge is -2.16. The molecule has 1 atom stereocenters. The fourth-order valence-corrected chi connectivity index (χ4v) is 3.85. The molecule has 0 unspecified atom stereocenters. The van der Waals surface area contributed by atoms with Crippen LogP contribution >= 0.6 is 0 Å². The summed E-state index contributed by atoms with van der Waals surface area (Å²) < 4.78 is 8.10. The third kappa shape index (κ3) is 3.79. The Morgan fingerprint density at radius 1 is 1.14 bits per heavy atom. The maximum absolute atomic E-state index is 12.3. The van der Waals surface area contributed by atoms with Crippen molar-refractivity contribution in [3.8, 4) is 5.75 Å². The quantitative estimate of drug-likeness (QED) is 0.441. The first kappa shape index (κ1) is 18.3. The molecule has 0 bridgehead atoms. The molecular formula is C23H25N3O2. The van der Waals surface area contributed by atoms with E-state index in [1.54, 1.807) is 6.08 Å². The number of hydrogen-bond donors (Lipinski definition) is 0. The van der Waals surface area contributed by atoms with E-state index in [1.165, 1.54) is 0 Å². The summed E-state index contributed by atoms with van der Waals surface area (Å²) in [4.78, 5) is 19.1. The molecule has 1 aliphatic heterocycles. The number of hydrogen-bond acceptors (Lipinski definition) is 3. The molecule has 5 heteroatoms. The second kappa shape index (κ2) is 8.30. The summed E-state index contributed by atoms with van der Waals surface area (Å²) in [6.07, 6.45) is 3.17. The average Bonchev–Trinajstić information content (AvgIpc) is 3.27. The van der Waals surface area contributed by atoms with Crippen LogP contribution in [0.4, 0.5) is 0 Å². The van der Waals surface area contributed by atoms with Gasteiger partial charge in [0.15, 0.2) is 0 Å². The number of para-hydroxylation sites is 3. The number of carbonyl (C=O) groups excluding carboxylic acids is 1. The van der Waals surface area contributed by atoms with Crippen LogP contribution in [0.2, 0.25) is 0 Å². The summed E-state index contributed by atoms with van der Waals surface area (Å²) in [5.41, 5.74) is 2.10. The second-order valence-corrected chi connectivity index (χ2v) is 7.11. The number of amides is 1. The van der Waals surface area contributed by atoms with E-state index in [0.717, 1.165) is 35.6 Å². The monoisotopic (exact) mass is 375 g/mol. The Kier molecular flexibility index (Phi) is 5.42. The molecule has 0 spiro atoms. The summed E-state index contributed by atoms with van der Waals surface area (Å²) in [6.45, 7) is 6.51. The Labute approximate surface area is 165 Å². The van der Waals surface area contributed by atoms with Crippen molar-refractivity contribution in [3.63, 3.8) is 0 Å². The molecule has 1 fully saturated rings. The van der Waals surface area contributed by atoms with E-state index in [-0.39, 0.29) is 11.8 Å². The lowest BCUT2D eigenvalue weighted by Crippen LogP contribution is -2.25. The first-order chi connectivity index (χ1) is 13.8. The van der Waals surface area contributed by atoms with Gasteiger partial charge in [-0.1, -0.05) is 36.4 Å². The highest BCUT2D eigenvalue weighted by Crippen LogP contribution is 2.30. The number of nitrogens with zero attached hydrogens (tertiary/aromatic N) is 3. The molecule has 5 nitrogen and oxygen atoms in total. The number of likely N-dealkylation sites (tertiary alicyclic amines) is 1. The fraction of sp³-hybridized carbons (Fsp3) is 0.304. The van der Waals surface area contributed by atoms with E-state index >= 15 is 0 Å². The number of imidazole rings is 1. The van der Waals surface area contributed by atoms with Gasteiger partial charge >= 0.3 is 0 Å². The summed E-state index contributed by atoms with van der Waals surface area (Å²) in [6, 6.07) is 18.0. The van der Waals surface area contributed by atoms with E-state index in [4.69, 9.17) is 9.72 Å². The molecule has 144 valence electrons. The predicted octanol–water partition coefficient (Wildman–Crippen LogP) is 4.01. The van der Waals surface area contributed by atoms with Crippen molar-refractivity contribution in [1.82, 2.24) is 14.5 Å². The van der Waals surface area contributed by atoms with Gasteiger partial charge in [0.05, 0.1) is 17.6 Å². The summed E-state index contributed by atoms with van der Waals surface area (Å²) in [5.74, 6) is 2.19. The predicted molar refractivity (Wildman–Crippen MR) is 110 cm³/mol. The third-order valence-corrected chi connectivity index (χ3v) is 5.15. The van der Waals surface area contributed by atoms with Crippen LogP contribution in [-0.4, -0.2) is 40.1 Å². The maximum atomic E-state index is 12.3. The number of aryl methyl sites for hydroxylation is 1. The van der Waals surface area contributed by atoms with Crippen molar-refractivity contribution in [2.45, 2.75) is 25.3 Å². The zero-order valence-corrected chi connectivity index (χ0v) is 16.0. The number of benzene rings is 2. The average molecular weight is 375 g/mol. The SMILES string of the molecule is C=CCN1C[C@@H](c2nc3ccccc3n2CCCOc2ccccc2)CC1=O. The van der Waals surface area contributed by atoms with Crippen LogP contribution in [0.1, 0.15) is 24.6 Å². The molecule has 2 aromatic carbocycles. The molecule has 1 amide bonds. The molecular weight excluding hydrogens is 350 g/mol. The molecule has 1 saturated heterocycles. The molecule has 4 rings (SSSR count). The number of rotatable bonds is 8. The summed E-state index contributed by atoms with van der Waals surface area (Å²) in [7, 11) is 0. The van der Waals surface area contributed by atoms with E-state index in [0.29, 0.717) is 26.1 Å². The molecule has 28 heavy (non-hydrogen) atoms. The Balaban J connectivity index is 1.51. The molecule has 1 aromatic heterocycles. The van der Waals surface area contributed by atoms with Crippen molar-refractivity contribution in [3.05, 3.63) is 73.1 Å². The Hall–Kier alpha value is -3.08. The Morgan fingerprint density at radius 3 is 2.75 bits per heavy atom. The van der Waals surface area contributed by atoms with Crippen LogP contribution in [0.5, 0.6) is 5.75 Å². The number of fused-ring (bicyclic) bond motifs is 1. The first-order valence-corrected chi connectivity index (χ1v) is 9.78. The second-order valence-electron chi connectivity index (χ2n) is 7.11. The van der Waals surface area contributed by atoms with Crippen molar-refractivity contribution in [2.24, 2.45) is 0 Å². The Morgan fingerprint density at radius 2 is 1.93 bits per heavy atom. The zero-order valence-electron chi connectivity index (χ0n) is 16.0. The van der Waals surface area contributed by atoms with Gasteiger partial charge in [-0.25, -0.2) is 4.98 Å². The minimum absolute atomic E-state index is 0.120. The topological polar surface area (TPSA) is 47.4 Å². The number of aromatic nitrogens is 2. The van der Waals surface area contributed by atoms with Gasteiger partial charge in [-0.2, -0.15) is 0 Å². The van der Waals surface area contributed by atoms with Crippen LogP contribution in [0.25, 0.3) is 11.0 Å². The van der Waals surface area contributed by atoms with E-state index in [1.807, 2.05) is 53.4 Å². The minimum atomic E-state index is 0.120. The number of ether oxygens (including phenoxy) is 1. The van der Waals surface area contributed by atoms with Gasteiger partial charge in [-0.3, -0.25) is 4.79 Å². The highest BCUT2D eigenvalue weighted by molar-refractivity contribution is 5.81. The van der Waals surface area contributed by atoms with Crippen LogP contribution < -0.4 is 4.74 Å². The van der Waals surface area contributed by atoms with Crippen LogP contribution in [-0.2, 0) is 11.3 Å². The highest BCUT2D eigenvalue weighted by Gasteiger charge is 2.33. The van der Waals surface area contributed by atoms with Crippen LogP contribution in [0.3, 0.4) is 0 Å². The first-order valence-electron chi connectivity index (χ1n) is 9.78. The highest BCUT2D eigenvalue weighted by atomic mass is 16.5. The van der Waals surface area contributed by atoms with Crippen molar-refractivity contribution in [2.75, 3.05) is 19.7 Å². The molecule has 0 saturated carbocycles. The normalized spacial score (nSPS) is 16.6. The van der Waals surface area contributed by atoms with Gasteiger partial charge in [0.25, 0.3) is 0 Å². The van der Waals surface area contributed by atoms with Gasteiger partial charge < -0.3 is 14.2 Å². The lowest BCUT2D eigenvalue weighted by molar-refractivity contribution is -0.127. The smallest absolute Gasteiger partial charge is 0.223 e. The fourth-order valence-electron chi connectivity index (χ4n) is 3.85. The summed E-state index contributed by atoms with van der Waals surface area (Å²) >= 11 is 0. The lowest BCUT2D eigenvalue weighted by atomic mass is 10.1. The molecule has 0 N–H and O–H groups in total. The van der Waals surface area contributed by atoms with Gasteiger partial charge in [-0.05, 0) is 30.7 Å². The van der Waals surface area contributed by atoms with E-state index in [9.17, 15) is 4.79 Å². The summed E-state index contributed by atoms with van der Waals surface area (Å²) in [5, 5.41) is 0. The maximum Gasteiger partial charge on any atom is 0.223 e. The van der Waals surface area contributed by atoms with Crippen LogP contribution in [0.15, 0.2) is 67.3 Å². The minimum Gasteiger partial charge on any atom is -0.494 e. The van der Waals surface area contributed by atoms with Crippen molar-refractivity contribution >= 4 is 16.9 Å². The van der Waals surface area contributed by atoms with Gasteiger partial charge in [0.1, 0.15) is 11.6 Å². The molecule has 2 heterocycles. The van der Waals surface area contributed by atoms with Gasteiger partial charge in [0.2, 0.25) is 5.91 Å². The number of carbonyl (C=O) groups is 1. The Bertz CT molecular complexity index is 964. The van der Waals surface area contributed by atoms with Gasteiger partial charge in [0, 0.05) is 32.0 Å². The van der Waals surface area contributed by atoms with Crippen LogP contribution in [0, 0.1) is 0 Å². The third-order valence-electron chi connectivity index (χ3n) is 5.15.